The highest BCUT2D eigenvalue weighted by atomic mass is 32.2. The summed E-state index contributed by atoms with van der Waals surface area (Å²) in [7, 11) is 0. The number of amides is 1. The zero-order chi connectivity index (χ0) is 17.5. The Morgan fingerprint density at radius 1 is 1.16 bits per heavy atom. The molecule has 0 bridgehead atoms. The number of benzene rings is 1. The number of nitrogens with zero attached hydrogens (tertiary/aromatic N) is 2. The summed E-state index contributed by atoms with van der Waals surface area (Å²) >= 11 is 1.63. The molecule has 0 saturated carbocycles. The first-order valence-electron chi connectivity index (χ1n) is 8.90. The van der Waals surface area contributed by atoms with Crippen molar-refractivity contribution in [2.75, 3.05) is 23.3 Å². The van der Waals surface area contributed by atoms with Crippen LogP contribution in [-0.4, -0.2) is 29.2 Å². The summed E-state index contributed by atoms with van der Waals surface area (Å²) in [6, 6.07) is 14.2. The molecule has 1 aromatic carbocycles. The zero-order valence-electron chi connectivity index (χ0n) is 14.6. The number of nitrogens with one attached hydrogen (secondary N) is 1. The van der Waals surface area contributed by atoms with Crippen LogP contribution in [0.3, 0.4) is 0 Å². The van der Waals surface area contributed by atoms with Crippen molar-refractivity contribution in [1.82, 2.24) is 4.98 Å². The fraction of sp³-hybridized carbons (Fsp3) is 0.400. The van der Waals surface area contributed by atoms with Crippen LogP contribution < -0.4 is 10.2 Å². The summed E-state index contributed by atoms with van der Waals surface area (Å²) < 4.78 is 0. The zero-order valence-corrected chi connectivity index (χ0v) is 15.5. The lowest BCUT2D eigenvalue weighted by Gasteiger charge is -2.28. The van der Waals surface area contributed by atoms with Crippen LogP contribution in [0.25, 0.3) is 0 Å². The first-order chi connectivity index (χ1) is 12.2. The molecule has 1 fully saturated rings. The van der Waals surface area contributed by atoms with Gasteiger partial charge >= 0.3 is 0 Å². The Labute approximate surface area is 154 Å². The summed E-state index contributed by atoms with van der Waals surface area (Å²) in [6.45, 7) is 4.13. The number of carbonyl (C=O) groups is 1. The van der Waals surface area contributed by atoms with Gasteiger partial charge in [0.05, 0.1) is 17.1 Å². The first kappa shape index (κ1) is 17.8. The molecule has 3 rings (SSSR count). The second-order valence-corrected chi connectivity index (χ2v) is 7.71. The number of carbonyl (C=O) groups excluding carboxylic acids is 1. The van der Waals surface area contributed by atoms with Gasteiger partial charge in [-0.1, -0.05) is 30.3 Å². The Morgan fingerprint density at radius 2 is 1.92 bits per heavy atom. The van der Waals surface area contributed by atoms with Gasteiger partial charge in [-0.3, -0.25) is 4.79 Å². The first-order valence-corrected chi connectivity index (χ1v) is 9.94. The average Bonchev–Trinajstić information content (AvgIpc) is 2.68. The van der Waals surface area contributed by atoms with Crippen molar-refractivity contribution >= 4 is 29.2 Å². The van der Waals surface area contributed by atoms with Crippen LogP contribution in [0, 0.1) is 0 Å². The minimum absolute atomic E-state index is 0.000784. The van der Waals surface area contributed by atoms with Crippen molar-refractivity contribution in [1.29, 1.82) is 0 Å². The lowest BCUT2D eigenvalue weighted by molar-refractivity contribution is -0.115. The van der Waals surface area contributed by atoms with E-state index in [9.17, 15) is 4.79 Å². The molecule has 1 atom stereocenters. The molecule has 0 spiro atoms. The quantitative estimate of drug-likeness (QED) is 0.837. The Balaban J connectivity index is 1.49. The summed E-state index contributed by atoms with van der Waals surface area (Å²) in [4.78, 5) is 19.1. The van der Waals surface area contributed by atoms with Crippen molar-refractivity contribution in [2.45, 2.75) is 37.2 Å². The van der Waals surface area contributed by atoms with Gasteiger partial charge in [-0.2, -0.15) is 0 Å². The molecule has 1 aliphatic rings. The van der Waals surface area contributed by atoms with E-state index in [-0.39, 0.29) is 11.2 Å². The van der Waals surface area contributed by atoms with E-state index < -0.39 is 0 Å². The van der Waals surface area contributed by atoms with Gasteiger partial charge < -0.3 is 10.2 Å². The third kappa shape index (κ3) is 5.23. The number of rotatable bonds is 6. The van der Waals surface area contributed by atoms with Crippen molar-refractivity contribution in [2.24, 2.45) is 0 Å². The fourth-order valence-corrected chi connectivity index (χ4v) is 3.74. The van der Waals surface area contributed by atoms with Crippen LogP contribution in [0.15, 0.2) is 48.7 Å². The Hall–Kier alpha value is -2.01. The number of thioether (sulfide) groups is 1. The second-order valence-electron chi connectivity index (χ2n) is 6.38. The molecule has 1 aliphatic heterocycles. The molecule has 25 heavy (non-hydrogen) atoms. The van der Waals surface area contributed by atoms with E-state index in [0.29, 0.717) is 5.82 Å². The molecule has 1 saturated heterocycles. The number of hydrogen-bond acceptors (Lipinski definition) is 4. The maximum atomic E-state index is 12.3. The Morgan fingerprint density at radius 3 is 2.60 bits per heavy atom. The topological polar surface area (TPSA) is 45.2 Å². The van der Waals surface area contributed by atoms with Gasteiger partial charge in [-0.25, -0.2) is 4.98 Å². The number of anilines is 2. The van der Waals surface area contributed by atoms with Crippen LogP contribution in [0.1, 0.15) is 31.7 Å². The van der Waals surface area contributed by atoms with E-state index in [0.717, 1.165) is 24.5 Å². The van der Waals surface area contributed by atoms with Crippen LogP contribution in [0.2, 0.25) is 0 Å². The largest absolute Gasteiger partial charge is 0.370 e. The van der Waals surface area contributed by atoms with Gasteiger partial charge in [-0.05, 0) is 43.9 Å². The summed E-state index contributed by atoms with van der Waals surface area (Å²) in [5.41, 5.74) is 2.38. The predicted octanol–water partition coefficient (Wildman–Crippen LogP) is 4.33. The third-order valence-electron chi connectivity index (χ3n) is 4.43. The highest BCUT2D eigenvalue weighted by molar-refractivity contribution is 7.99. The molecule has 1 unspecified atom stereocenters. The number of pyridine rings is 1. The van der Waals surface area contributed by atoms with Gasteiger partial charge in [0.15, 0.2) is 0 Å². The smallest absolute Gasteiger partial charge is 0.238 e. The van der Waals surface area contributed by atoms with Gasteiger partial charge in [0.25, 0.3) is 0 Å². The number of aromatic nitrogens is 1. The van der Waals surface area contributed by atoms with Crippen LogP contribution >= 0.6 is 11.8 Å². The van der Waals surface area contributed by atoms with Gasteiger partial charge in [-0.15, -0.1) is 11.8 Å². The minimum Gasteiger partial charge on any atom is -0.370 e. The number of hydrogen-bond donors (Lipinski definition) is 1. The molecule has 1 N–H and O–H groups in total. The molecule has 0 aliphatic carbocycles. The average molecular weight is 356 g/mol. The van der Waals surface area contributed by atoms with Crippen LogP contribution in [-0.2, 0) is 10.5 Å². The normalized spacial score (nSPS) is 15.6. The highest BCUT2D eigenvalue weighted by Crippen LogP contribution is 2.21. The molecule has 2 heterocycles. The lowest BCUT2D eigenvalue weighted by atomic mass is 10.1. The molecule has 2 aromatic rings. The number of piperidine rings is 1. The SMILES string of the molecule is CC(SCc1ccccc1)C(=O)Nc1ccc(N2CCCCC2)cn1. The lowest BCUT2D eigenvalue weighted by Crippen LogP contribution is -2.29. The second kappa shape index (κ2) is 8.90. The van der Waals surface area contributed by atoms with Gasteiger partial charge in [0.2, 0.25) is 5.91 Å². The van der Waals surface area contributed by atoms with E-state index in [2.05, 4.69) is 33.4 Å². The van der Waals surface area contributed by atoms with Crippen LogP contribution in [0.5, 0.6) is 0 Å². The molecular formula is C20H25N3OS. The molecule has 4 nitrogen and oxygen atoms in total. The molecule has 5 heteroatoms. The molecular weight excluding hydrogens is 330 g/mol. The van der Waals surface area contributed by atoms with Crippen molar-refractivity contribution in [3.05, 3.63) is 54.2 Å². The van der Waals surface area contributed by atoms with E-state index in [4.69, 9.17) is 0 Å². The Bertz CT molecular complexity index is 669. The van der Waals surface area contributed by atoms with Crippen LogP contribution in [0.4, 0.5) is 11.5 Å². The van der Waals surface area contributed by atoms with Gasteiger partial charge in [0, 0.05) is 18.8 Å². The summed E-state index contributed by atoms with van der Waals surface area (Å²) in [6.07, 6.45) is 5.67. The summed E-state index contributed by atoms with van der Waals surface area (Å²) in [5, 5.41) is 2.80. The minimum atomic E-state index is -0.122. The molecule has 132 valence electrons. The maximum Gasteiger partial charge on any atom is 0.238 e. The standard InChI is InChI=1S/C20H25N3OS/c1-16(25-15-17-8-4-2-5-9-17)20(24)22-19-11-10-18(14-21-19)23-12-6-3-7-13-23/h2,4-5,8-11,14,16H,3,6-7,12-13,15H2,1H3,(H,21,22,24). The van der Waals surface area contributed by atoms with Crippen molar-refractivity contribution < 1.29 is 4.79 Å². The predicted molar refractivity (Wildman–Crippen MR) is 106 cm³/mol. The van der Waals surface area contributed by atoms with E-state index in [1.807, 2.05) is 37.4 Å². The summed E-state index contributed by atoms with van der Waals surface area (Å²) in [5.74, 6) is 1.45. The van der Waals surface area contributed by atoms with Gasteiger partial charge in [0.1, 0.15) is 5.82 Å². The van der Waals surface area contributed by atoms with E-state index in [1.54, 1.807) is 11.8 Å². The third-order valence-corrected chi connectivity index (χ3v) is 5.65. The fourth-order valence-electron chi connectivity index (χ4n) is 2.90. The van der Waals surface area contributed by atoms with Crippen molar-refractivity contribution in [3.8, 4) is 0 Å². The maximum absolute atomic E-state index is 12.3. The Kier molecular flexibility index (Phi) is 6.34. The van der Waals surface area contributed by atoms with E-state index >= 15 is 0 Å². The molecule has 1 amide bonds. The van der Waals surface area contributed by atoms with E-state index in [1.165, 1.54) is 24.8 Å². The highest BCUT2D eigenvalue weighted by Gasteiger charge is 2.15. The monoisotopic (exact) mass is 355 g/mol. The molecule has 1 aromatic heterocycles. The van der Waals surface area contributed by atoms with Crippen molar-refractivity contribution in [3.63, 3.8) is 0 Å². The molecule has 0 radical (unpaired) electrons.